The molecule has 0 bridgehead atoms. The summed E-state index contributed by atoms with van der Waals surface area (Å²) in [7, 11) is -4.03. The summed E-state index contributed by atoms with van der Waals surface area (Å²) >= 11 is -6.29. The fourth-order valence-electron chi connectivity index (χ4n) is 1.06. The monoisotopic (exact) mass is 363 g/mol. The Bertz CT molecular complexity index is 564. The van der Waals surface area contributed by atoms with E-state index in [1.54, 1.807) is 25.1 Å². The molecule has 0 spiro atoms. The molecule has 0 fully saturated rings. The Hall–Kier alpha value is -0.570. The Morgan fingerprint density at radius 3 is 2.05 bits per heavy atom. The average molecular weight is 363 g/mol. The van der Waals surface area contributed by atoms with E-state index >= 15 is 0 Å². The third-order valence-corrected chi connectivity index (χ3v) is 3.86. The zero-order valence-corrected chi connectivity index (χ0v) is 13.2. The van der Waals surface area contributed by atoms with Crippen molar-refractivity contribution in [3.63, 3.8) is 0 Å². The predicted octanol–water partition coefficient (Wildman–Crippen LogP) is 1.26. The molecule has 1 aromatic rings. The van der Waals surface area contributed by atoms with Gasteiger partial charge in [0, 0.05) is 5.75 Å². The molecule has 9 nitrogen and oxygen atoms in total. The van der Waals surface area contributed by atoms with Crippen LogP contribution in [0.2, 0.25) is 0 Å². The molecule has 1 aromatic carbocycles. The van der Waals surface area contributed by atoms with Crippen molar-refractivity contribution in [2.75, 3.05) is 12.4 Å². The summed E-state index contributed by atoms with van der Waals surface area (Å²) in [5, 5.41) is 0. The largest absolute Gasteiger partial charge is 0.772 e. The Morgan fingerprint density at radius 2 is 1.71 bits per heavy atom. The summed E-state index contributed by atoms with van der Waals surface area (Å²) in [4.78, 5) is -0.0278. The highest BCUT2D eigenvalue weighted by atomic mass is 32.3. The van der Waals surface area contributed by atoms with Crippen molar-refractivity contribution in [2.24, 2.45) is 0 Å². The fourth-order valence-corrected chi connectivity index (χ4v) is 2.42. The van der Waals surface area contributed by atoms with Crippen molar-refractivity contribution in [1.82, 2.24) is 0 Å². The number of benzene rings is 1. The highest BCUT2D eigenvalue weighted by Gasteiger charge is 2.11. The van der Waals surface area contributed by atoms with Gasteiger partial charge in [-0.05, 0) is 18.6 Å². The molecule has 4 N–H and O–H groups in total. The molecule has 0 radical (unpaired) electrons. The second kappa shape index (κ2) is 8.77. The standard InChI is InChI=1S/C7H8O3S.C2H8O6S2/c1-6-4-2-3-5-7(6)11(8,9)10;3-9(4)2-1-8-10(5,6)7/h2-5H,1H3,(H,8,9,10);5-7H,1-2H2,(H,3,4)/p-1. The first kappa shape index (κ1) is 20.4. The zero-order chi connectivity index (χ0) is 16.7. The van der Waals surface area contributed by atoms with Gasteiger partial charge >= 0.3 is 0 Å². The molecule has 124 valence electrons. The maximum Gasteiger partial charge on any atom is 0.294 e. The topological polar surface area (TPSA) is 164 Å². The quantitative estimate of drug-likeness (QED) is 0.445. The number of aryl methyl sites for hydroxylation is 1. The second-order valence-corrected chi connectivity index (χ2v) is 7.12. The van der Waals surface area contributed by atoms with Crippen LogP contribution in [0, 0.1) is 6.92 Å². The van der Waals surface area contributed by atoms with Gasteiger partial charge in [-0.1, -0.05) is 29.3 Å². The van der Waals surface area contributed by atoms with E-state index in [1.165, 1.54) is 6.07 Å². The molecule has 0 aliphatic heterocycles. The molecule has 1 atom stereocenters. The van der Waals surface area contributed by atoms with Crippen molar-refractivity contribution in [3.8, 4) is 0 Å². The van der Waals surface area contributed by atoms with Gasteiger partial charge in [-0.2, -0.15) is 8.42 Å². The summed E-state index contributed by atoms with van der Waals surface area (Å²) in [5.41, 5.74) is 0.551. The number of rotatable bonds is 5. The Balaban J connectivity index is 0.000000384. The molecule has 0 saturated heterocycles. The van der Waals surface area contributed by atoms with Crippen LogP contribution in [-0.2, 0) is 25.4 Å². The van der Waals surface area contributed by atoms with Crippen LogP contribution < -0.4 is 0 Å². The van der Waals surface area contributed by atoms with E-state index in [0.29, 0.717) is 5.56 Å². The van der Waals surface area contributed by atoms with Crippen molar-refractivity contribution in [1.29, 1.82) is 0 Å². The van der Waals surface area contributed by atoms with E-state index in [9.17, 15) is 17.2 Å². The van der Waals surface area contributed by atoms with Crippen LogP contribution in [0.4, 0.5) is 0 Å². The second-order valence-electron chi connectivity index (χ2n) is 3.54. The number of hydrogen-bond acceptors (Lipinski definition) is 8. The molecule has 12 heteroatoms. The van der Waals surface area contributed by atoms with E-state index in [1.807, 2.05) is 0 Å². The van der Waals surface area contributed by atoms with Crippen LogP contribution in [0.25, 0.3) is 0 Å². The SMILES string of the molecule is Cc1ccccc1S(=O)(=O)O.O=S([O-])CCOS(O)(O)O. The van der Waals surface area contributed by atoms with E-state index in [4.69, 9.17) is 18.2 Å². The Labute approximate surface area is 126 Å². The van der Waals surface area contributed by atoms with Crippen LogP contribution in [0.15, 0.2) is 29.2 Å². The van der Waals surface area contributed by atoms with Gasteiger partial charge in [0.25, 0.3) is 10.1 Å². The maximum atomic E-state index is 10.6. The lowest BCUT2D eigenvalue weighted by atomic mass is 10.2. The lowest BCUT2D eigenvalue weighted by Gasteiger charge is -2.17. The molecule has 0 heterocycles. The van der Waals surface area contributed by atoms with Crippen molar-refractivity contribution >= 4 is 32.4 Å². The normalized spacial score (nSPS) is 14.0. The van der Waals surface area contributed by atoms with Crippen LogP contribution in [0.1, 0.15) is 5.56 Å². The maximum absolute atomic E-state index is 10.6. The third kappa shape index (κ3) is 10.8. The van der Waals surface area contributed by atoms with Crippen LogP contribution in [0.5, 0.6) is 0 Å². The molecule has 0 amide bonds. The summed E-state index contributed by atoms with van der Waals surface area (Å²) in [5.74, 6) is -0.379. The van der Waals surface area contributed by atoms with Crippen LogP contribution in [0.3, 0.4) is 0 Å². The van der Waals surface area contributed by atoms with Gasteiger partial charge in [0.2, 0.25) is 11.2 Å². The van der Waals surface area contributed by atoms with Crippen LogP contribution >= 0.6 is 11.2 Å². The van der Waals surface area contributed by atoms with E-state index < -0.39 is 39.0 Å². The molecular formula is C9H15O9S3-. The molecule has 0 saturated carbocycles. The predicted molar refractivity (Wildman–Crippen MR) is 76.2 cm³/mol. The highest BCUT2D eigenvalue weighted by Crippen LogP contribution is 2.33. The van der Waals surface area contributed by atoms with Crippen molar-refractivity contribution < 1.29 is 39.6 Å². The zero-order valence-electron chi connectivity index (χ0n) is 10.8. The molecule has 0 aromatic heterocycles. The highest BCUT2D eigenvalue weighted by molar-refractivity contribution is 8.15. The van der Waals surface area contributed by atoms with Gasteiger partial charge in [0.1, 0.15) is 0 Å². The molecule has 0 aliphatic rings. The fraction of sp³-hybridized carbons (Fsp3) is 0.333. The first-order valence-electron chi connectivity index (χ1n) is 5.17. The smallest absolute Gasteiger partial charge is 0.294 e. The summed E-state index contributed by atoms with van der Waals surface area (Å²) in [6.45, 7) is 1.19. The van der Waals surface area contributed by atoms with E-state index in [2.05, 4.69) is 4.18 Å². The molecule has 21 heavy (non-hydrogen) atoms. The molecule has 1 unspecified atom stereocenters. The van der Waals surface area contributed by atoms with E-state index in [-0.39, 0.29) is 10.6 Å². The van der Waals surface area contributed by atoms with Gasteiger partial charge in [0.15, 0.2) is 0 Å². The lowest BCUT2D eigenvalue weighted by Crippen LogP contribution is -2.08. The van der Waals surface area contributed by atoms with Gasteiger partial charge in [-0.3, -0.25) is 26.6 Å². The Morgan fingerprint density at radius 1 is 1.19 bits per heavy atom. The Kier molecular flexibility index (Phi) is 8.53. The van der Waals surface area contributed by atoms with Crippen LogP contribution in [-0.4, -0.2) is 47.8 Å². The molecular weight excluding hydrogens is 348 g/mol. The third-order valence-electron chi connectivity index (χ3n) is 1.86. The minimum atomic E-state index is -4.03. The van der Waals surface area contributed by atoms with Gasteiger partial charge in [-0.25, -0.2) is 0 Å². The molecule has 1 rings (SSSR count). The number of hydrogen-bond donors (Lipinski definition) is 4. The van der Waals surface area contributed by atoms with Gasteiger partial charge in [-0.15, -0.1) is 0 Å². The summed E-state index contributed by atoms with van der Waals surface area (Å²) < 4.78 is 77.6. The van der Waals surface area contributed by atoms with Gasteiger partial charge < -0.3 is 4.55 Å². The van der Waals surface area contributed by atoms with Crippen molar-refractivity contribution in [3.05, 3.63) is 29.8 Å². The first-order chi connectivity index (χ1) is 9.43. The first-order valence-corrected chi connectivity index (χ1v) is 9.29. The van der Waals surface area contributed by atoms with Gasteiger partial charge in [0.05, 0.1) is 11.5 Å². The molecule has 0 aliphatic carbocycles. The van der Waals surface area contributed by atoms with Crippen molar-refractivity contribution in [2.45, 2.75) is 11.8 Å². The summed E-state index contributed by atoms with van der Waals surface area (Å²) in [6, 6.07) is 6.27. The minimum Gasteiger partial charge on any atom is -0.772 e. The minimum absolute atomic E-state index is 0.0278. The summed E-state index contributed by atoms with van der Waals surface area (Å²) in [6.07, 6.45) is 0. The average Bonchev–Trinajstić information content (AvgIpc) is 2.26. The van der Waals surface area contributed by atoms with E-state index in [0.717, 1.165) is 0 Å². The lowest BCUT2D eigenvalue weighted by molar-refractivity contribution is 0.213.